The highest BCUT2D eigenvalue weighted by Crippen LogP contribution is 2.35. The molecule has 5 heteroatoms. The van der Waals surface area contributed by atoms with Crippen molar-refractivity contribution in [3.05, 3.63) is 28.0 Å². The number of hydrogen-bond donors (Lipinski definition) is 0. The Kier molecular flexibility index (Phi) is 4.43. The van der Waals surface area contributed by atoms with Crippen LogP contribution in [0.15, 0.2) is 21.5 Å². The molecule has 1 aliphatic heterocycles. The highest BCUT2D eigenvalue weighted by molar-refractivity contribution is 9.10. The van der Waals surface area contributed by atoms with Gasteiger partial charge in [-0.05, 0) is 40.9 Å². The first-order chi connectivity index (χ1) is 8.22. The summed E-state index contributed by atoms with van der Waals surface area (Å²) in [5, 5.41) is 9.19. The van der Waals surface area contributed by atoms with E-state index in [2.05, 4.69) is 15.9 Å². The predicted octanol–water partition coefficient (Wildman–Crippen LogP) is 3.73. The number of hydrogen-bond acceptors (Lipinski definition) is 3. The summed E-state index contributed by atoms with van der Waals surface area (Å²) in [7, 11) is 0. The largest absolute Gasteiger partial charge is 0.381 e. The molecule has 0 saturated carbocycles. The number of nitriles is 1. The number of nitrogens with zero attached hydrogens (tertiary/aromatic N) is 1. The molecular formula is C12H11BrFNOS. The van der Waals surface area contributed by atoms with Crippen LogP contribution in [0.4, 0.5) is 4.39 Å². The van der Waals surface area contributed by atoms with Gasteiger partial charge in [0.1, 0.15) is 6.07 Å². The van der Waals surface area contributed by atoms with Gasteiger partial charge in [0.25, 0.3) is 0 Å². The molecule has 2 nitrogen and oxygen atoms in total. The Hall–Kier alpha value is -0.570. The van der Waals surface area contributed by atoms with Crippen molar-refractivity contribution in [2.75, 3.05) is 13.2 Å². The molecule has 1 fully saturated rings. The molecule has 0 aliphatic carbocycles. The lowest BCUT2D eigenvalue weighted by Gasteiger charge is -2.21. The zero-order chi connectivity index (χ0) is 12.3. The molecular weight excluding hydrogens is 305 g/mol. The predicted molar refractivity (Wildman–Crippen MR) is 68.5 cm³/mol. The Balaban J connectivity index is 2.16. The van der Waals surface area contributed by atoms with Gasteiger partial charge in [0, 0.05) is 23.4 Å². The van der Waals surface area contributed by atoms with Crippen molar-refractivity contribution in [3.8, 4) is 6.07 Å². The summed E-state index contributed by atoms with van der Waals surface area (Å²) >= 11 is 4.65. The molecule has 0 N–H and O–H groups in total. The molecule has 0 aromatic heterocycles. The van der Waals surface area contributed by atoms with Crippen LogP contribution < -0.4 is 0 Å². The molecule has 0 bridgehead atoms. The molecule has 1 aromatic carbocycles. The van der Waals surface area contributed by atoms with E-state index in [1.165, 1.54) is 11.8 Å². The standard InChI is InChI=1S/C12H11BrFNOS/c13-11-8(7-15)1-2-10(12(11)14)17-9-3-5-16-6-4-9/h1-2,9H,3-6H2. The Morgan fingerprint density at radius 3 is 2.76 bits per heavy atom. The second-order valence-corrected chi connectivity index (χ2v) is 5.92. The third kappa shape index (κ3) is 3.01. The van der Waals surface area contributed by atoms with Crippen molar-refractivity contribution in [1.29, 1.82) is 5.26 Å². The van der Waals surface area contributed by atoms with E-state index >= 15 is 0 Å². The second kappa shape index (κ2) is 5.85. The first-order valence-electron chi connectivity index (χ1n) is 5.35. The SMILES string of the molecule is N#Cc1ccc(SC2CCOCC2)c(F)c1Br. The number of benzene rings is 1. The molecule has 90 valence electrons. The van der Waals surface area contributed by atoms with Gasteiger partial charge in [-0.1, -0.05) is 0 Å². The Morgan fingerprint density at radius 2 is 2.12 bits per heavy atom. The van der Waals surface area contributed by atoms with E-state index in [0.29, 0.717) is 15.7 Å². The fraction of sp³-hybridized carbons (Fsp3) is 0.417. The normalized spacial score (nSPS) is 16.8. The average Bonchev–Trinajstić information content (AvgIpc) is 2.37. The van der Waals surface area contributed by atoms with Crippen LogP contribution in [-0.2, 0) is 4.74 Å². The highest BCUT2D eigenvalue weighted by atomic mass is 79.9. The van der Waals surface area contributed by atoms with E-state index in [1.807, 2.05) is 6.07 Å². The molecule has 1 heterocycles. The van der Waals surface area contributed by atoms with Gasteiger partial charge in [0.15, 0.2) is 5.82 Å². The van der Waals surface area contributed by atoms with Crippen molar-refractivity contribution in [2.45, 2.75) is 23.0 Å². The lowest BCUT2D eigenvalue weighted by Crippen LogP contribution is -2.17. The van der Waals surface area contributed by atoms with Crippen LogP contribution in [0.3, 0.4) is 0 Å². The zero-order valence-corrected chi connectivity index (χ0v) is 11.5. The van der Waals surface area contributed by atoms with Gasteiger partial charge >= 0.3 is 0 Å². The van der Waals surface area contributed by atoms with Crippen molar-refractivity contribution >= 4 is 27.7 Å². The van der Waals surface area contributed by atoms with E-state index < -0.39 is 0 Å². The van der Waals surface area contributed by atoms with Crippen LogP contribution >= 0.6 is 27.7 Å². The van der Waals surface area contributed by atoms with Crippen LogP contribution in [0, 0.1) is 17.1 Å². The van der Waals surface area contributed by atoms with Gasteiger partial charge in [-0.25, -0.2) is 4.39 Å². The lowest BCUT2D eigenvalue weighted by molar-refractivity contribution is 0.1000. The van der Waals surface area contributed by atoms with Gasteiger partial charge in [-0.2, -0.15) is 5.26 Å². The summed E-state index contributed by atoms with van der Waals surface area (Å²) < 4.78 is 19.5. The smallest absolute Gasteiger partial charge is 0.152 e. The van der Waals surface area contributed by atoms with E-state index in [4.69, 9.17) is 10.00 Å². The first-order valence-corrected chi connectivity index (χ1v) is 7.02. The minimum Gasteiger partial charge on any atom is -0.381 e. The van der Waals surface area contributed by atoms with Gasteiger partial charge in [0.2, 0.25) is 0 Å². The molecule has 17 heavy (non-hydrogen) atoms. The summed E-state index contributed by atoms with van der Waals surface area (Å²) in [4.78, 5) is 0.600. The number of thioether (sulfide) groups is 1. The molecule has 0 atom stereocenters. The van der Waals surface area contributed by atoms with Crippen LogP contribution in [0.5, 0.6) is 0 Å². The zero-order valence-electron chi connectivity index (χ0n) is 9.08. The van der Waals surface area contributed by atoms with E-state index in [1.54, 1.807) is 12.1 Å². The van der Waals surface area contributed by atoms with Crippen molar-refractivity contribution in [2.24, 2.45) is 0 Å². The van der Waals surface area contributed by atoms with Crippen molar-refractivity contribution in [1.82, 2.24) is 0 Å². The van der Waals surface area contributed by atoms with Crippen molar-refractivity contribution in [3.63, 3.8) is 0 Å². The summed E-state index contributed by atoms with van der Waals surface area (Å²) in [6, 6.07) is 5.28. The summed E-state index contributed by atoms with van der Waals surface area (Å²) in [6.07, 6.45) is 1.89. The Labute approximate surface area is 112 Å². The molecule has 1 saturated heterocycles. The van der Waals surface area contributed by atoms with Crippen LogP contribution in [0.2, 0.25) is 0 Å². The number of rotatable bonds is 2. The van der Waals surface area contributed by atoms with Gasteiger partial charge in [0.05, 0.1) is 10.0 Å². The Bertz CT molecular complexity index is 455. The maximum atomic E-state index is 14.0. The van der Waals surface area contributed by atoms with E-state index in [-0.39, 0.29) is 10.3 Å². The van der Waals surface area contributed by atoms with Crippen molar-refractivity contribution < 1.29 is 9.13 Å². The summed E-state index contributed by atoms with van der Waals surface area (Å²) in [5.74, 6) is -0.333. The number of halogens is 2. The number of ether oxygens (including phenoxy) is 1. The van der Waals surface area contributed by atoms with E-state index in [0.717, 1.165) is 26.1 Å². The van der Waals surface area contributed by atoms with Gasteiger partial charge in [-0.15, -0.1) is 11.8 Å². The third-order valence-electron chi connectivity index (χ3n) is 2.63. The molecule has 0 radical (unpaired) electrons. The lowest BCUT2D eigenvalue weighted by atomic mass is 10.2. The highest BCUT2D eigenvalue weighted by Gasteiger charge is 2.18. The third-order valence-corrected chi connectivity index (χ3v) is 4.78. The average molecular weight is 316 g/mol. The minimum atomic E-state index is -0.333. The topological polar surface area (TPSA) is 33.0 Å². The quantitative estimate of drug-likeness (QED) is 0.833. The fourth-order valence-corrected chi connectivity index (χ4v) is 3.39. The molecule has 1 aromatic rings. The second-order valence-electron chi connectivity index (χ2n) is 3.78. The minimum absolute atomic E-state index is 0.261. The van der Waals surface area contributed by atoms with Crippen LogP contribution in [0.1, 0.15) is 18.4 Å². The van der Waals surface area contributed by atoms with Gasteiger partial charge < -0.3 is 4.74 Å². The molecule has 1 aliphatic rings. The molecule has 2 rings (SSSR count). The summed E-state index contributed by atoms with van der Waals surface area (Å²) in [5.41, 5.74) is 0.332. The monoisotopic (exact) mass is 315 g/mol. The maximum absolute atomic E-state index is 14.0. The summed E-state index contributed by atoms with van der Waals surface area (Å²) in [6.45, 7) is 1.49. The van der Waals surface area contributed by atoms with Crippen LogP contribution in [0.25, 0.3) is 0 Å². The molecule has 0 unspecified atom stereocenters. The maximum Gasteiger partial charge on any atom is 0.152 e. The van der Waals surface area contributed by atoms with E-state index in [9.17, 15) is 4.39 Å². The molecule has 0 amide bonds. The van der Waals surface area contributed by atoms with Crippen LogP contribution in [-0.4, -0.2) is 18.5 Å². The fourth-order valence-electron chi connectivity index (χ4n) is 1.68. The van der Waals surface area contributed by atoms with Gasteiger partial charge in [-0.3, -0.25) is 0 Å². The first kappa shape index (κ1) is 12.9. The Morgan fingerprint density at radius 1 is 1.41 bits per heavy atom. The molecule has 0 spiro atoms.